The van der Waals surface area contributed by atoms with E-state index in [0.717, 1.165) is 10.1 Å². The lowest BCUT2D eigenvalue weighted by atomic mass is 10.1. The molecule has 0 N–H and O–H groups in total. The van der Waals surface area contributed by atoms with Gasteiger partial charge in [0.1, 0.15) is 16.7 Å². The summed E-state index contributed by atoms with van der Waals surface area (Å²) in [5, 5.41) is 4.28. The zero-order valence-corrected chi connectivity index (χ0v) is 10.2. The molecule has 17 heavy (non-hydrogen) atoms. The molecule has 0 spiro atoms. The van der Waals surface area contributed by atoms with E-state index >= 15 is 0 Å². The van der Waals surface area contributed by atoms with E-state index in [1.54, 1.807) is 29.0 Å². The largest absolute Gasteiger partial charge is 0.229 e. The van der Waals surface area contributed by atoms with E-state index in [9.17, 15) is 4.39 Å². The molecule has 0 saturated carbocycles. The molecule has 0 fully saturated rings. The standard InChI is InChI=1S/C12H7BrFN3/c13-12-6-8-5-11(16-17(8)7-15-12)9-3-1-2-4-10(9)14/h1-7H. The average molecular weight is 292 g/mol. The fraction of sp³-hybridized carbons (Fsp3) is 0. The minimum Gasteiger partial charge on any atom is -0.229 e. The summed E-state index contributed by atoms with van der Waals surface area (Å²) in [6.07, 6.45) is 1.59. The van der Waals surface area contributed by atoms with Gasteiger partial charge >= 0.3 is 0 Å². The van der Waals surface area contributed by atoms with Crippen LogP contribution in [0.1, 0.15) is 0 Å². The number of aromatic nitrogens is 3. The molecule has 3 nitrogen and oxygen atoms in total. The van der Waals surface area contributed by atoms with Crippen molar-refractivity contribution in [2.75, 3.05) is 0 Å². The van der Waals surface area contributed by atoms with Crippen molar-refractivity contribution in [1.82, 2.24) is 14.6 Å². The van der Waals surface area contributed by atoms with Gasteiger partial charge in [-0.05, 0) is 40.2 Å². The topological polar surface area (TPSA) is 30.2 Å². The summed E-state index contributed by atoms with van der Waals surface area (Å²) in [4.78, 5) is 4.06. The van der Waals surface area contributed by atoms with E-state index in [1.165, 1.54) is 6.07 Å². The minimum absolute atomic E-state index is 0.275. The SMILES string of the molecule is Fc1ccccc1-c1cc2cc(Br)ncn2n1. The van der Waals surface area contributed by atoms with Gasteiger partial charge in [0.05, 0.1) is 11.2 Å². The van der Waals surface area contributed by atoms with E-state index in [-0.39, 0.29) is 5.82 Å². The van der Waals surface area contributed by atoms with Crippen LogP contribution in [0.3, 0.4) is 0 Å². The van der Waals surface area contributed by atoms with Gasteiger partial charge in [-0.1, -0.05) is 12.1 Å². The van der Waals surface area contributed by atoms with Crippen LogP contribution < -0.4 is 0 Å². The Bertz CT molecular complexity index is 693. The first-order valence-corrected chi connectivity index (χ1v) is 5.79. The minimum atomic E-state index is -0.275. The summed E-state index contributed by atoms with van der Waals surface area (Å²) in [6.45, 7) is 0. The Kier molecular flexibility index (Phi) is 2.40. The van der Waals surface area contributed by atoms with Crippen LogP contribution in [0.25, 0.3) is 16.8 Å². The summed E-state index contributed by atoms with van der Waals surface area (Å²) in [5.41, 5.74) is 1.96. The lowest BCUT2D eigenvalue weighted by molar-refractivity contribution is 0.630. The molecule has 2 aromatic heterocycles. The van der Waals surface area contributed by atoms with Crippen molar-refractivity contribution in [1.29, 1.82) is 0 Å². The summed E-state index contributed by atoms with van der Waals surface area (Å²) in [7, 11) is 0. The van der Waals surface area contributed by atoms with Crippen LogP contribution in [0.4, 0.5) is 4.39 Å². The second kappa shape index (κ2) is 3.92. The molecule has 0 aliphatic rings. The number of benzene rings is 1. The highest BCUT2D eigenvalue weighted by Crippen LogP contribution is 2.23. The van der Waals surface area contributed by atoms with Gasteiger partial charge < -0.3 is 0 Å². The highest BCUT2D eigenvalue weighted by Gasteiger charge is 2.08. The van der Waals surface area contributed by atoms with Crippen molar-refractivity contribution in [3.05, 3.63) is 53.1 Å². The highest BCUT2D eigenvalue weighted by molar-refractivity contribution is 9.10. The molecular formula is C12H7BrFN3. The van der Waals surface area contributed by atoms with Crippen LogP contribution in [-0.2, 0) is 0 Å². The first-order valence-electron chi connectivity index (χ1n) is 5.00. The van der Waals surface area contributed by atoms with E-state index in [2.05, 4.69) is 26.0 Å². The second-order valence-electron chi connectivity index (χ2n) is 3.59. The maximum absolute atomic E-state index is 13.6. The molecule has 5 heteroatoms. The highest BCUT2D eigenvalue weighted by atomic mass is 79.9. The molecule has 0 saturated heterocycles. The number of halogens is 2. The van der Waals surface area contributed by atoms with Gasteiger partial charge in [-0.3, -0.25) is 0 Å². The van der Waals surface area contributed by atoms with Crippen LogP contribution in [0.15, 0.2) is 47.3 Å². The molecule has 0 atom stereocenters. The molecule has 0 amide bonds. The Morgan fingerprint density at radius 2 is 2.00 bits per heavy atom. The van der Waals surface area contributed by atoms with Crippen LogP contribution in [0.5, 0.6) is 0 Å². The lowest BCUT2D eigenvalue weighted by Gasteiger charge is -1.96. The molecule has 84 valence electrons. The number of hydrogen-bond donors (Lipinski definition) is 0. The van der Waals surface area contributed by atoms with Crippen molar-refractivity contribution in [2.24, 2.45) is 0 Å². The number of nitrogens with zero attached hydrogens (tertiary/aromatic N) is 3. The van der Waals surface area contributed by atoms with Crippen LogP contribution in [-0.4, -0.2) is 14.6 Å². The molecule has 2 heterocycles. The predicted octanol–water partition coefficient (Wildman–Crippen LogP) is 3.30. The third-order valence-electron chi connectivity index (χ3n) is 2.47. The summed E-state index contributed by atoms with van der Waals surface area (Å²) >= 11 is 3.29. The third kappa shape index (κ3) is 1.82. The summed E-state index contributed by atoms with van der Waals surface area (Å²) < 4.78 is 16.0. The maximum Gasteiger partial charge on any atom is 0.132 e. The van der Waals surface area contributed by atoms with Crippen molar-refractivity contribution >= 4 is 21.4 Å². The van der Waals surface area contributed by atoms with E-state index in [4.69, 9.17) is 0 Å². The Morgan fingerprint density at radius 3 is 2.82 bits per heavy atom. The van der Waals surface area contributed by atoms with Crippen LogP contribution >= 0.6 is 15.9 Å². The molecule has 0 unspecified atom stereocenters. The molecule has 0 aliphatic carbocycles. The van der Waals surface area contributed by atoms with Gasteiger partial charge in [-0.2, -0.15) is 5.10 Å². The van der Waals surface area contributed by atoms with E-state index in [1.807, 2.05) is 12.1 Å². The fourth-order valence-corrected chi connectivity index (χ4v) is 2.00. The number of rotatable bonds is 1. The third-order valence-corrected chi connectivity index (χ3v) is 2.91. The van der Waals surface area contributed by atoms with Gasteiger partial charge in [-0.25, -0.2) is 13.9 Å². The molecule has 0 bridgehead atoms. The Balaban J connectivity index is 2.22. The average Bonchev–Trinajstić information content (AvgIpc) is 2.72. The number of fused-ring (bicyclic) bond motifs is 1. The van der Waals surface area contributed by atoms with Gasteiger partial charge in [0.15, 0.2) is 0 Å². The van der Waals surface area contributed by atoms with Crippen molar-refractivity contribution < 1.29 is 4.39 Å². The van der Waals surface area contributed by atoms with Gasteiger partial charge in [0.25, 0.3) is 0 Å². The van der Waals surface area contributed by atoms with Crippen LogP contribution in [0, 0.1) is 5.82 Å². The summed E-state index contributed by atoms with van der Waals surface area (Å²) in [5.74, 6) is -0.275. The Morgan fingerprint density at radius 1 is 1.18 bits per heavy atom. The van der Waals surface area contributed by atoms with Crippen molar-refractivity contribution in [3.63, 3.8) is 0 Å². The molecule has 3 aromatic rings. The van der Waals surface area contributed by atoms with Crippen molar-refractivity contribution in [2.45, 2.75) is 0 Å². The smallest absolute Gasteiger partial charge is 0.132 e. The molecule has 0 aliphatic heterocycles. The molecule has 1 aromatic carbocycles. The van der Waals surface area contributed by atoms with Crippen molar-refractivity contribution in [3.8, 4) is 11.3 Å². The molecule has 0 radical (unpaired) electrons. The number of hydrogen-bond acceptors (Lipinski definition) is 2. The molecular weight excluding hydrogens is 285 g/mol. The maximum atomic E-state index is 13.6. The van der Waals surface area contributed by atoms with Gasteiger partial charge in [-0.15, -0.1) is 0 Å². The first-order chi connectivity index (χ1) is 8.24. The van der Waals surface area contributed by atoms with E-state index in [0.29, 0.717) is 11.3 Å². The Labute approximate surface area is 105 Å². The van der Waals surface area contributed by atoms with Gasteiger partial charge in [0, 0.05) is 5.56 Å². The molecule has 3 rings (SSSR count). The summed E-state index contributed by atoms with van der Waals surface area (Å²) in [6, 6.07) is 10.2. The van der Waals surface area contributed by atoms with Gasteiger partial charge in [0.2, 0.25) is 0 Å². The first kappa shape index (κ1) is 10.4. The van der Waals surface area contributed by atoms with E-state index < -0.39 is 0 Å². The lowest BCUT2D eigenvalue weighted by Crippen LogP contribution is -1.89. The fourth-order valence-electron chi connectivity index (χ4n) is 1.68. The normalized spacial score (nSPS) is 10.9. The quantitative estimate of drug-likeness (QED) is 0.644. The zero-order chi connectivity index (χ0) is 11.8. The zero-order valence-electron chi connectivity index (χ0n) is 8.64. The predicted molar refractivity (Wildman–Crippen MR) is 66.1 cm³/mol. The monoisotopic (exact) mass is 291 g/mol. The Hall–Kier alpha value is -1.75. The second-order valence-corrected chi connectivity index (χ2v) is 4.40. The van der Waals surface area contributed by atoms with Crippen LogP contribution in [0.2, 0.25) is 0 Å².